The summed E-state index contributed by atoms with van der Waals surface area (Å²) in [5, 5.41) is 0. The van der Waals surface area contributed by atoms with Gasteiger partial charge < -0.3 is 9.80 Å². The van der Waals surface area contributed by atoms with E-state index in [0.717, 1.165) is 70.1 Å². The molecule has 0 radical (unpaired) electrons. The smallest absolute Gasteiger partial charge is 0.225 e. The molecular weight excluding hydrogens is 444 g/mol. The molecule has 1 aliphatic carbocycles. The zero-order valence-corrected chi connectivity index (χ0v) is 21.8. The number of hydrogen-bond acceptors (Lipinski definition) is 6. The van der Waals surface area contributed by atoms with Gasteiger partial charge in [-0.2, -0.15) is 0 Å². The van der Waals surface area contributed by atoms with Crippen molar-refractivity contribution in [3.8, 4) is 0 Å². The van der Waals surface area contributed by atoms with Gasteiger partial charge in [-0.3, -0.25) is 0 Å². The number of benzene rings is 1. The lowest BCUT2D eigenvalue weighted by Crippen LogP contribution is -2.47. The average molecular weight is 485 g/mol. The van der Waals surface area contributed by atoms with Crippen LogP contribution in [0.15, 0.2) is 42.7 Å². The van der Waals surface area contributed by atoms with E-state index in [1.165, 1.54) is 17.7 Å². The van der Waals surface area contributed by atoms with Crippen molar-refractivity contribution < 1.29 is 8.42 Å². The van der Waals surface area contributed by atoms with Crippen LogP contribution in [-0.2, 0) is 16.3 Å². The molecule has 2 heterocycles. The van der Waals surface area contributed by atoms with Gasteiger partial charge in [-0.25, -0.2) is 18.4 Å². The predicted octanol–water partition coefficient (Wildman–Crippen LogP) is 4.76. The molecule has 0 N–H and O–H groups in total. The summed E-state index contributed by atoms with van der Waals surface area (Å²) in [6.45, 7) is 9.28. The number of nitrogens with zero attached hydrogens (tertiary/aromatic N) is 4. The lowest BCUT2D eigenvalue weighted by molar-refractivity contribution is 0.278. The predicted molar refractivity (Wildman–Crippen MR) is 140 cm³/mol. The van der Waals surface area contributed by atoms with E-state index >= 15 is 0 Å². The molecule has 1 aromatic heterocycles. The van der Waals surface area contributed by atoms with E-state index < -0.39 is 14.6 Å². The molecule has 6 nitrogen and oxygen atoms in total. The fourth-order valence-electron chi connectivity index (χ4n) is 5.11. The van der Waals surface area contributed by atoms with Crippen LogP contribution in [0.5, 0.6) is 0 Å². The van der Waals surface area contributed by atoms with E-state index in [9.17, 15) is 8.42 Å². The number of rotatable bonds is 7. The molecule has 186 valence electrons. The molecule has 34 heavy (non-hydrogen) atoms. The lowest BCUT2D eigenvalue weighted by atomic mass is 9.80. The van der Waals surface area contributed by atoms with Crippen LogP contribution in [0.3, 0.4) is 0 Å². The van der Waals surface area contributed by atoms with Gasteiger partial charge in [0.1, 0.15) is 0 Å². The van der Waals surface area contributed by atoms with Gasteiger partial charge in [-0.05, 0) is 82.1 Å². The second-order valence-corrected chi connectivity index (χ2v) is 13.8. The summed E-state index contributed by atoms with van der Waals surface area (Å²) < 4.78 is 24.4. The zero-order chi connectivity index (χ0) is 24.2. The van der Waals surface area contributed by atoms with Crippen molar-refractivity contribution in [1.82, 2.24) is 9.97 Å². The molecule has 0 unspecified atom stereocenters. The molecule has 7 heteroatoms. The Morgan fingerprint density at radius 3 is 2.00 bits per heavy atom. The number of aryl methyl sites for hydroxylation is 1. The van der Waals surface area contributed by atoms with E-state index in [-0.39, 0.29) is 0 Å². The SMILES string of the molecule is CC(C)(C)S(=O)(=O)CC1CCC(CCc2ccc(N3CCN(c4ncccn4)CC3)cc2)CC1. The zero-order valence-electron chi connectivity index (χ0n) is 21.0. The summed E-state index contributed by atoms with van der Waals surface area (Å²) in [6, 6.07) is 10.9. The first-order valence-corrected chi connectivity index (χ1v) is 14.4. The van der Waals surface area contributed by atoms with Crippen molar-refractivity contribution in [3.05, 3.63) is 48.3 Å². The molecule has 0 spiro atoms. The van der Waals surface area contributed by atoms with E-state index in [2.05, 4.69) is 44.0 Å². The summed E-state index contributed by atoms with van der Waals surface area (Å²) in [5.41, 5.74) is 2.69. The van der Waals surface area contributed by atoms with Crippen LogP contribution >= 0.6 is 0 Å². The maximum absolute atomic E-state index is 12.5. The van der Waals surface area contributed by atoms with Crippen molar-refractivity contribution in [2.75, 3.05) is 41.7 Å². The van der Waals surface area contributed by atoms with Crippen LogP contribution in [0.1, 0.15) is 58.4 Å². The van der Waals surface area contributed by atoms with E-state index in [1.54, 1.807) is 12.4 Å². The highest BCUT2D eigenvalue weighted by Gasteiger charge is 2.33. The third-order valence-corrected chi connectivity index (χ3v) is 10.4. The highest BCUT2D eigenvalue weighted by Crippen LogP contribution is 2.34. The topological polar surface area (TPSA) is 66.4 Å². The maximum Gasteiger partial charge on any atom is 0.225 e. The van der Waals surface area contributed by atoms with Gasteiger partial charge in [0.15, 0.2) is 9.84 Å². The van der Waals surface area contributed by atoms with Crippen molar-refractivity contribution in [3.63, 3.8) is 0 Å². The number of piperazine rings is 1. The number of sulfone groups is 1. The van der Waals surface area contributed by atoms with Crippen molar-refractivity contribution in [1.29, 1.82) is 0 Å². The molecule has 2 aliphatic rings. The van der Waals surface area contributed by atoms with Crippen LogP contribution in [-0.4, -0.2) is 55.1 Å². The summed E-state index contributed by atoms with van der Waals surface area (Å²) in [7, 11) is -3.01. The Kier molecular flexibility index (Phi) is 7.80. The molecule has 1 saturated carbocycles. The maximum atomic E-state index is 12.5. The standard InChI is InChI=1S/C27H40N4O2S/c1-27(2,3)34(32,33)21-24-9-7-22(8-10-24)5-6-23-11-13-25(14-12-23)30-17-19-31(20-18-30)26-28-15-4-16-29-26/h4,11-16,22,24H,5-10,17-21H2,1-3H3. The number of hydrogen-bond donors (Lipinski definition) is 0. The first kappa shape index (κ1) is 25.0. The summed E-state index contributed by atoms with van der Waals surface area (Å²) >= 11 is 0. The van der Waals surface area contributed by atoms with Gasteiger partial charge >= 0.3 is 0 Å². The third kappa shape index (κ3) is 6.29. The molecule has 1 aliphatic heterocycles. The van der Waals surface area contributed by atoms with Gasteiger partial charge in [0.25, 0.3) is 0 Å². The van der Waals surface area contributed by atoms with Crippen molar-refractivity contribution in [2.24, 2.45) is 11.8 Å². The van der Waals surface area contributed by atoms with E-state index in [4.69, 9.17) is 0 Å². The molecule has 4 rings (SSSR count). The Balaban J connectivity index is 1.19. The van der Waals surface area contributed by atoms with Crippen molar-refractivity contribution in [2.45, 2.75) is 64.0 Å². The molecule has 1 aromatic carbocycles. The van der Waals surface area contributed by atoms with Gasteiger partial charge in [0.05, 0.1) is 10.5 Å². The molecule has 1 saturated heterocycles. The number of anilines is 2. The highest BCUT2D eigenvalue weighted by molar-refractivity contribution is 7.92. The van der Waals surface area contributed by atoms with Crippen LogP contribution in [0.4, 0.5) is 11.6 Å². The summed E-state index contributed by atoms with van der Waals surface area (Å²) in [5.74, 6) is 2.25. The fourth-order valence-corrected chi connectivity index (χ4v) is 6.56. The molecular formula is C27H40N4O2S. The second-order valence-electron chi connectivity index (χ2n) is 11.0. The quantitative estimate of drug-likeness (QED) is 0.565. The normalized spacial score (nSPS) is 22.1. The molecule has 0 amide bonds. The highest BCUT2D eigenvalue weighted by atomic mass is 32.2. The first-order valence-electron chi connectivity index (χ1n) is 12.8. The van der Waals surface area contributed by atoms with E-state index in [1.807, 2.05) is 26.8 Å². The largest absolute Gasteiger partial charge is 0.368 e. The number of aromatic nitrogens is 2. The van der Waals surface area contributed by atoms with E-state index in [0.29, 0.717) is 11.7 Å². The Morgan fingerprint density at radius 2 is 1.41 bits per heavy atom. The molecule has 0 bridgehead atoms. The Morgan fingerprint density at radius 1 is 0.853 bits per heavy atom. The Bertz CT molecular complexity index is 1000. The third-order valence-electron chi connectivity index (χ3n) is 7.61. The fraction of sp³-hybridized carbons (Fsp3) is 0.630. The monoisotopic (exact) mass is 484 g/mol. The van der Waals surface area contributed by atoms with Crippen LogP contribution in [0, 0.1) is 11.8 Å². The minimum absolute atomic E-state index is 0.341. The van der Waals surface area contributed by atoms with Gasteiger partial charge in [0, 0.05) is 44.3 Å². The van der Waals surface area contributed by atoms with Crippen LogP contribution < -0.4 is 9.80 Å². The molecule has 2 fully saturated rings. The second kappa shape index (κ2) is 10.6. The molecule has 2 aromatic rings. The average Bonchev–Trinajstić information content (AvgIpc) is 2.84. The lowest BCUT2D eigenvalue weighted by Gasteiger charge is -2.36. The minimum Gasteiger partial charge on any atom is -0.368 e. The molecule has 0 atom stereocenters. The van der Waals surface area contributed by atoms with Gasteiger partial charge in [0.2, 0.25) is 5.95 Å². The van der Waals surface area contributed by atoms with Gasteiger partial charge in [-0.15, -0.1) is 0 Å². The minimum atomic E-state index is -3.01. The van der Waals surface area contributed by atoms with Gasteiger partial charge in [-0.1, -0.05) is 25.0 Å². The van der Waals surface area contributed by atoms with Crippen LogP contribution in [0.2, 0.25) is 0 Å². The Hall–Kier alpha value is -2.15. The van der Waals surface area contributed by atoms with Crippen LogP contribution in [0.25, 0.3) is 0 Å². The summed E-state index contributed by atoms with van der Waals surface area (Å²) in [6.07, 6.45) is 10.4. The Labute approximate surface area is 205 Å². The first-order chi connectivity index (χ1) is 16.2. The van der Waals surface area contributed by atoms with Crippen molar-refractivity contribution >= 4 is 21.5 Å². The summed E-state index contributed by atoms with van der Waals surface area (Å²) in [4.78, 5) is 13.4.